The summed E-state index contributed by atoms with van der Waals surface area (Å²) in [6.45, 7) is 2.10. The van der Waals surface area contributed by atoms with E-state index in [0.717, 1.165) is 0 Å². The molecule has 29 heavy (non-hydrogen) atoms. The SMILES string of the molecule is O=C(c1ccccc1)N1CCN([C@H]2CC(=O)N(c3ccc(Cl)c(Cl)c3)C2=O)CC1. The van der Waals surface area contributed by atoms with Gasteiger partial charge >= 0.3 is 0 Å². The summed E-state index contributed by atoms with van der Waals surface area (Å²) in [4.78, 5) is 43.0. The molecular formula is C21H19Cl2N3O3. The molecule has 8 heteroatoms. The molecule has 2 aromatic rings. The van der Waals surface area contributed by atoms with E-state index in [2.05, 4.69) is 0 Å². The van der Waals surface area contributed by atoms with Crippen molar-refractivity contribution in [2.24, 2.45) is 0 Å². The number of carbonyl (C=O) groups is 3. The second-order valence-corrected chi connectivity index (χ2v) is 7.89. The maximum atomic E-state index is 13.0. The minimum Gasteiger partial charge on any atom is -0.336 e. The molecule has 2 saturated heterocycles. The van der Waals surface area contributed by atoms with E-state index in [1.165, 1.54) is 11.0 Å². The molecule has 0 N–H and O–H groups in total. The van der Waals surface area contributed by atoms with Crippen LogP contribution in [-0.4, -0.2) is 59.7 Å². The number of imide groups is 1. The average molecular weight is 432 g/mol. The number of benzene rings is 2. The molecule has 0 spiro atoms. The van der Waals surface area contributed by atoms with E-state index in [1.807, 2.05) is 23.1 Å². The van der Waals surface area contributed by atoms with Gasteiger partial charge in [0.1, 0.15) is 0 Å². The van der Waals surface area contributed by atoms with Crippen LogP contribution >= 0.6 is 23.2 Å². The van der Waals surface area contributed by atoms with Gasteiger partial charge in [-0.3, -0.25) is 19.3 Å². The summed E-state index contributed by atoms with van der Waals surface area (Å²) in [5.74, 6) is -0.547. The van der Waals surface area contributed by atoms with Gasteiger partial charge in [-0.2, -0.15) is 0 Å². The highest BCUT2D eigenvalue weighted by molar-refractivity contribution is 6.42. The van der Waals surface area contributed by atoms with Gasteiger partial charge in [0.15, 0.2) is 0 Å². The van der Waals surface area contributed by atoms with Crippen molar-refractivity contribution in [1.82, 2.24) is 9.80 Å². The summed E-state index contributed by atoms with van der Waals surface area (Å²) in [5, 5.41) is 0.659. The Labute approximate surface area is 178 Å². The van der Waals surface area contributed by atoms with Gasteiger partial charge in [0.2, 0.25) is 5.91 Å². The van der Waals surface area contributed by atoms with Gasteiger partial charge < -0.3 is 4.90 Å². The number of rotatable bonds is 3. The predicted molar refractivity (Wildman–Crippen MR) is 111 cm³/mol. The van der Waals surface area contributed by atoms with Crippen molar-refractivity contribution < 1.29 is 14.4 Å². The molecule has 0 radical (unpaired) electrons. The monoisotopic (exact) mass is 431 g/mol. The molecule has 0 saturated carbocycles. The normalized spacial score (nSPS) is 20.4. The molecule has 1 atom stereocenters. The molecule has 2 aliphatic heterocycles. The van der Waals surface area contributed by atoms with Gasteiger partial charge in [0.25, 0.3) is 11.8 Å². The number of carbonyl (C=O) groups excluding carboxylic acids is 3. The van der Waals surface area contributed by atoms with Crippen LogP contribution in [0.15, 0.2) is 48.5 Å². The molecule has 0 unspecified atom stereocenters. The van der Waals surface area contributed by atoms with Crippen LogP contribution in [0.4, 0.5) is 5.69 Å². The smallest absolute Gasteiger partial charge is 0.253 e. The minimum absolute atomic E-state index is 0.0171. The maximum absolute atomic E-state index is 13.0. The molecule has 6 nitrogen and oxygen atoms in total. The van der Waals surface area contributed by atoms with Crippen molar-refractivity contribution in [1.29, 1.82) is 0 Å². The van der Waals surface area contributed by atoms with E-state index < -0.39 is 6.04 Å². The standard InChI is InChI=1S/C21H19Cl2N3O3/c22-16-7-6-15(12-17(16)23)26-19(27)13-18(21(26)29)24-8-10-25(11-9-24)20(28)14-4-2-1-3-5-14/h1-7,12,18H,8-11,13H2/t18-/m0/s1. The number of anilines is 1. The Morgan fingerprint density at radius 1 is 0.897 bits per heavy atom. The van der Waals surface area contributed by atoms with Crippen molar-refractivity contribution >= 4 is 46.6 Å². The average Bonchev–Trinajstić information content (AvgIpc) is 3.04. The third-order valence-electron chi connectivity index (χ3n) is 5.35. The van der Waals surface area contributed by atoms with E-state index >= 15 is 0 Å². The van der Waals surface area contributed by atoms with Gasteiger partial charge in [-0.05, 0) is 30.3 Å². The third kappa shape index (κ3) is 3.88. The molecule has 0 aromatic heterocycles. The summed E-state index contributed by atoms with van der Waals surface area (Å²) in [7, 11) is 0. The molecule has 2 aliphatic rings. The van der Waals surface area contributed by atoms with Crippen LogP contribution in [-0.2, 0) is 9.59 Å². The highest BCUT2D eigenvalue weighted by atomic mass is 35.5. The Bertz CT molecular complexity index is 959. The molecule has 0 aliphatic carbocycles. The number of halogens is 2. The zero-order chi connectivity index (χ0) is 20.5. The van der Waals surface area contributed by atoms with Crippen molar-refractivity contribution in [3.8, 4) is 0 Å². The molecular weight excluding hydrogens is 413 g/mol. The number of amides is 3. The predicted octanol–water partition coefficient (Wildman–Crippen LogP) is 3.08. The van der Waals surface area contributed by atoms with Gasteiger partial charge in [-0.25, -0.2) is 4.90 Å². The largest absolute Gasteiger partial charge is 0.336 e. The van der Waals surface area contributed by atoms with Crippen LogP contribution < -0.4 is 4.90 Å². The lowest BCUT2D eigenvalue weighted by Crippen LogP contribution is -2.53. The number of nitrogens with zero attached hydrogens (tertiary/aromatic N) is 3. The number of piperazine rings is 1. The summed E-state index contributed by atoms with van der Waals surface area (Å²) in [6, 6.07) is 13.3. The molecule has 150 valence electrons. The lowest BCUT2D eigenvalue weighted by molar-refractivity contribution is -0.123. The zero-order valence-electron chi connectivity index (χ0n) is 15.6. The minimum atomic E-state index is -0.522. The fraction of sp³-hybridized carbons (Fsp3) is 0.286. The second kappa shape index (κ2) is 8.14. The highest BCUT2D eigenvalue weighted by Gasteiger charge is 2.43. The molecule has 2 heterocycles. The lowest BCUT2D eigenvalue weighted by atomic mass is 10.1. The van der Waals surface area contributed by atoms with Crippen molar-refractivity contribution in [2.45, 2.75) is 12.5 Å². The van der Waals surface area contributed by atoms with Crippen LogP contribution in [0.3, 0.4) is 0 Å². The first-order valence-electron chi connectivity index (χ1n) is 9.36. The van der Waals surface area contributed by atoms with E-state index in [4.69, 9.17) is 23.2 Å². The Hall–Kier alpha value is -2.41. The Balaban J connectivity index is 1.42. The third-order valence-corrected chi connectivity index (χ3v) is 6.09. The van der Waals surface area contributed by atoms with E-state index in [0.29, 0.717) is 47.5 Å². The number of hydrogen-bond acceptors (Lipinski definition) is 4. The van der Waals surface area contributed by atoms with Crippen LogP contribution in [0.5, 0.6) is 0 Å². The van der Waals surface area contributed by atoms with E-state index in [9.17, 15) is 14.4 Å². The molecule has 2 aromatic carbocycles. The van der Waals surface area contributed by atoms with Crippen LogP contribution in [0.1, 0.15) is 16.8 Å². The van der Waals surface area contributed by atoms with Gasteiger partial charge in [-0.15, -0.1) is 0 Å². The van der Waals surface area contributed by atoms with Crippen LogP contribution in [0, 0.1) is 0 Å². The topological polar surface area (TPSA) is 60.9 Å². The van der Waals surface area contributed by atoms with E-state index in [-0.39, 0.29) is 24.1 Å². The first kappa shape index (κ1) is 19.9. The van der Waals surface area contributed by atoms with Crippen molar-refractivity contribution in [3.05, 3.63) is 64.1 Å². The molecule has 4 rings (SSSR count). The Morgan fingerprint density at radius 3 is 2.24 bits per heavy atom. The van der Waals surface area contributed by atoms with Gasteiger partial charge in [0, 0.05) is 31.7 Å². The summed E-state index contributed by atoms with van der Waals surface area (Å²) < 4.78 is 0. The fourth-order valence-corrected chi connectivity index (χ4v) is 4.09. The van der Waals surface area contributed by atoms with Gasteiger partial charge in [-0.1, -0.05) is 41.4 Å². The van der Waals surface area contributed by atoms with Crippen LogP contribution in [0.2, 0.25) is 10.0 Å². The van der Waals surface area contributed by atoms with Crippen molar-refractivity contribution in [2.75, 3.05) is 31.1 Å². The summed E-state index contributed by atoms with van der Waals surface area (Å²) in [5.41, 5.74) is 1.08. The van der Waals surface area contributed by atoms with E-state index in [1.54, 1.807) is 29.2 Å². The van der Waals surface area contributed by atoms with Crippen molar-refractivity contribution in [3.63, 3.8) is 0 Å². The van der Waals surface area contributed by atoms with Gasteiger partial charge in [0.05, 0.1) is 28.2 Å². The Morgan fingerprint density at radius 2 is 1.59 bits per heavy atom. The fourth-order valence-electron chi connectivity index (χ4n) is 3.80. The van der Waals surface area contributed by atoms with Crippen LogP contribution in [0.25, 0.3) is 0 Å². The maximum Gasteiger partial charge on any atom is 0.253 e. The second-order valence-electron chi connectivity index (χ2n) is 7.08. The lowest BCUT2D eigenvalue weighted by Gasteiger charge is -2.37. The molecule has 2 fully saturated rings. The first-order chi connectivity index (χ1) is 14.0. The quantitative estimate of drug-likeness (QED) is 0.700. The molecule has 3 amide bonds. The Kier molecular flexibility index (Phi) is 5.58. The summed E-state index contributed by atoms with van der Waals surface area (Å²) >= 11 is 12.0. The summed E-state index contributed by atoms with van der Waals surface area (Å²) in [6.07, 6.45) is 0.117. The highest BCUT2D eigenvalue weighted by Crippen LogP contribution is 2.31. The number of hydrogen-bond donors (Lipinski definition) is 0. The first-order valence-corrected chi connectivity index (χ1v) is 10.1. The zero-order valence-corrected chi connectivity index (χ0v) is 17.1. The molecule has 0 bridgehead atoms.